The third-order valence-electron chi connectivity index (χ3n) is 2.49. The minimum Gasteiger partial charge on any atom is -0.492 e. The summed E-state index contributed by atoms with van der Waals surface area (Å²) in [6, 6.07) is 5.74. The van der Waals surface area contributed by atoms with Gasteiger partial charge in [-0.15, -0.1) is 0 Å². The molecular formula is C13H20ClNO. The maximum atomic E-state index is 6.11. The third kappa shape index (κ3) is 4.03. The maximum Gasteiger partial charge on any atom is 0.137 e. The molecule has 0 saturated carbocycles. The second-order valence-corrected chi connectivity index (χ2v) is 4.44. The number of unbranched alkanes of at least 4 members (excludes halogenated alkanes) is 2. The molecule has 1 atom stereocenters. The monoisotopic (exact) mass is 241 g/mol. The summed E-state index contributed by atoms with van der Waals surface area (Å²) in [5.41, 5.74) is 6.81. The van der Waals surface area contributed by atoms with Gasteiger partial charge in [0.25, 0.3) is 0 Å². The quantitative estimate of drug-likeness (QED) is 0.766. The number of hydrogen-bond donors (Lipinski definition) is 1. The van der Waals surface area contributed by atoms with Crippen LogP contribution in [-0.4, -0.2) is 6.61 Å². The molecule has 90 valence electrons. The summed E-state index contributed by atoms with van der Waals surface area (Å²) in [6.07, 6.45) is 3.46. The summed E-state index contributed by atoms with van der Waals surface area (Å²) < 4.78 is 5.60. The highest BCUT2D eigenvalue weighted by Gasteiger charge is 2.05. The molecule has 0 bridgehead atoms. The lowest BCUT2D eigenvalue weighted by Crippen LogP contribution is -2.05. The first-order valence-electron chi connectivity index (χ1n) is 5.83. The van der Waals surface area contributed by atoms with Crippen LogP contribution in [0.2, 0.25) is 5.02 Å². The average molecular weight is 242 g/mol. The molecule has 0 aliphatic heterocycles. The van der Waals surface area contributed by atoms with Crippen molar-refractivity contribution < 1.29 is 4.74 Å². The summed E-state index contributed by atoms with van der Waals surface area (Å²) in [5, 5.41) is 0.645. The van der Waals surface area contributed by atoms with E-state index >= 15 is 0 Å². The van der Waals surface area contributed by atoms with Crippen LogP contribution >= 0.6 is 11.6 Å². The summed E-state index contributed by atoms with van der Waals surface area (Å²) in [4.78, 5) is 0. The van der Waals surface area contributed by atoms with Gasteiger partial charge in [-0.1, -0.05) is 37.4 Å². The van der Waals surface area contributed by atoms with Crippen molar-refractivity contribution in [3.8, 4) is 5.75 Å². The molecule has 0 aliphatic rings. The minimum atomic E-state index is 0.00615. The van der Waals surface area contributed by atoms with E-state index in [0.717, 1.165) is 24.3 Å². The van der Waals surface area contributed by atoms with Crippen molar-refractivity contribution in [2.24, 2.45) is 5.73 Å². The Bertz CT molecular complexity index is 326. The lowest BCUT2D eigenvalue weighted by atomic mass is 10.1. The zero-order valence-corrected chi connectivity index (χ0v) is 10.8. The van der Waals surface area contributed by atoms with Crippen molar-refractivity contribution in [2.75, 3.05) is 6.61 Å². The van der Waals surface area contributed by atoms with E-state index in [9.17, 15) is 0 Å². The van der Waals surface area contributed by atoms with Crippen LogP contribution in [0, 0.1) is 0 Å². The SMILES string of the molecule is CCCCCOc1ccc(C(C)N)cc1Cl. The molecule has 0 amide bonds. The Balaban J connectivity index is 2.54. The molecule has 0 heterocycles. The van der Waals surface area contributed by atoms with Gasteiger partial charge in [-0.2, -0.15) is 0 Å². The van der Waals surface area contributed by atoms with Gasteiger partial charge in [0.05, 0.1) is 11.6 Å². The van der Waals surface area contributed by atoms with Crippen LogP contribution in [-0.2, 0) is 0 Å². The van der Waals surface area contributed by atoms with Crippen molar-refractivity contribution >= 4 is 11.6 Å². The van der Waals surface area contributed by atoms with Crippen LogP contribution in [0.5, 0.6) is 5.75 Å². The third-order valence-corrected chi connectivity index (χ3v) is 2.78. The van der Waals surface area contributed by atoms with Crippen molar-refractivity contribution in [1.82, 2.24) is 0 Å². The number of hydrogen-bond acceptors (Lipinski definition) is 2. The molecule has 1 aromatic carbocycles. The first-order chi connectivity index (χ1) is 7.65. The van der Waals surface area contributed by atoms with Crippen LogP contribution in [0.15, 0.2) is 18.2 Å². The fraction of sp³-hybridized carbons (Fsp3) is 0.538. The molecule has 2 N–H and O–H groups in total. The second kappa shape index (κ2) is 6.77. The molecular weight excluding hydrogens is 222 g/mol. The summed E-state index contributed by atoms with van der Waals surface area (Å²) in [5.74, 6) is 0.752. The first-order valence-corrected chi connectivity index (χ1v) is 6.20. The Morgan fingerprint density at radius 3 is 2.69 bits per heavy atom. The van der Waals surface area contributed by atoms with Gasteiger partial charge in [-0.3, -0.25) is 0 Å². The molecule has 16 heavy (non-hydrogen) atoms. The van der Waals surface area contributed by atoms with E-state index in [1.807, 2.05) is 25.1 Å². The topological polar surface area (TPSA) is 35.2 Å². The van der Waals surface area contributed by atoms with E-state index in [0.29, 0.717) is 5.02 Å². The van der Waals surface area contributed by atoms with Gasteiger partial charge in [0.1, 0.15) is 5.75 Å². The Morgan fingerprint density at radius 2 is 2.12 bits per heavy atom. The van der Waals surface area contributed by atoms with Crippen molar-refractivity contribution in [3.05, 3.63) is 28.8 Å². The number of halogens is 1. The molecule has 0 spiro atoms. The highest BCUT2D eigenvalue weighted by Crippen LogP contribution is 2.27. The van der Waals surface area contributed by atoms with Gasteiger partial charge in [0.15, 0.2) is 0 Å². The number of nitrogens with two attached hydrogens (primary N) is 1. The molecule has 2 nitrogen and oxygen atoms in total. The number of ether oxygens (including phenoxy) is 1. The van der Waals surface area contributed by atoms with E-state index in [2.05, 4.69) is 6.92 Å². The molecule has 1 aromatic rings. The highest BCUT2D eigenvalue weighted by molar-refractivity contribution is 6.32. The average Bonchev–Trinajstić information content (AvgIpc) is 2.26. The molecule has 3 heteroatoms. The normalized spacial score (nSPS) is 12.5. The first kappa shape index (κ1) is 13.3. The van der Waals surface area contributed by atoms with Crippen LogP contribution in [0.25, 0.3) is 0 Å². The van der Waals surface area contributed by atoms with E-state index in [-0.39, 0.29) is 6.04 Å². The van der Waals surface area contributed by atoms with Gasteiger partial charge in [-0.25, -0.2) is 0 Å². The smallest absolute Gasteiger partial charge is 0.137 e. The Kier molecular flexibility index (Phi) is 5.64. The molecule has 1 unspecified atom stereocenters. The van der Waals surface area contributed by atoms with E-state index in [1.54, 1.807) is 0 Å². The fourth-order valence-corrected chi connectivity index (χ4v) is 1.70. The highest BCUT2D eigenvalue weighted by atomic mass is 35.5. The van der Waals surface area contributed by atoms with E-state index < -0.39 is 0 Å². The fourth-order valence-electron chi connectivity index (χ4n) is 1.45. The second-order valence-electron chi connectivity index (χ2n) is 4.03. The van der Waals surface area contributed by atoms with Crippen molar-refractivity contribution in [2.45, 2.75) is 39.2 Å². The Hall–Kier alpha value is -0.730. The van der Waals surface area contributed by atoms with Crippen LogP contribution in [0.1, 0.15) is 44.7 Å². The van der Waals surface area contributed by atoms with Crippen LogP contribution in [0.3, 0.4) is 0 Å². The van der Waals surface area contributed by atoms with Crippen molar-refractivity contribution in [3.63, 3.8) is 0 Å². The van der Waals surface area contributed by atoms with Gasteiger partial charge in [-0.05, 0) is 31.0 Å². The van der Waals surface area contributed by atoms with Gasteiger partial charge < -0.3 is 10.5 Å². The summed E-state index contributed by atoms with van der Waals surface area (Å²) in [6.45, 7) is 4.84. The van der Waals surface area contributed by atoms with Gasteiger partial charge in [0, 0.05) is 6.04 Å². The summed E-state index contributed by atoms with van der Waals surface area (Å²) >= 11 is 6.11. The lowest BCUT2D eigenvalue weighted by Gasteiger charge is -2.11. The standard InChI is InChI=1S/C13H20ClNO/c1-3-4-5-8-16-13-7-6-11(10(2)15)9-12(13)14/h6-7,9-10H,3-5,8,15H2,1-2H3. The number of rotatable bonds is 6. The van der Waals surface area contributed by atoms with Gasteiger partial charge in [0.2, 0.25) is 0 Å². The predicted molar refractivity (Wildman–Crippen MR) is 69.1 cm³/mol. The van der Waals surface area contributed by atoms with Gasteiger partial charge >= 0.3 is 0 Å². The lowest BCUT2D eigenvalue weighted by molar-refractivity contribution is 0.306. The Labute approximate surface area is 103 Å². The van der Waals surface area contributed by atoms with Crippen LogP contribution < -0.4 is 10.5 Å². The van der Waals surface area contributed by atoms with E-state index in [1.165, 1.54) is 12.8 Å². The molecule has 0 fully saturated rings. The summed E-state index contributed by atoms with van der Waals surface area (Å²) in [7, 11) is 0. The maximum absolute atomic E-state index is 6.11. The van der Waals surface area contributed by atoms with Crippen molar-refractivity contribution in [1.29, 1.82) is 0 Å². The zero-order chi connectivity index (χ0) is 12.0. The largest absolute Gasteiger partial charge is 0.492 e. The Morgan fingerprint density at radius 1 is 1.38 bits per heavy atom. The predicted octanol–water partition coefficient (Wildman–Crippen LogP) is 3.93. The number of benzene rings is 1. The van der Waals surface area contributed by atoms with Crippen LogP contribution in [0.4, 0.5) is 0 Å². The molecule has 1 rings (SSSR count). The molecule has 0 radical (unpaired) electrons. The molecule has 0 aromatic heterocycles. The minimum absolute atomic E-state index is 0.00615. The molecule has 0 saturated heterocycles. The van der Waals surface area contributed by atoms with E-state index in [4.69, 9.17) is 22.1 Å². The zero-order valence-electron chi connectivity index (χ0n) is 10.0. The molecule has 0 aliphatic carbocycles.